The Hall–Kier alpha value is -2.46. The molecule has 608 valence electrons. The van der Waals surface area contributed by atoms with Crippen molar-refractivity contribution >= 4 is 39.5 Å². The van der Waals surface area contributed by atoms with Gasteiger partial charge in [0.2, 0.25) is 0 Å². The van der Waals surface area contributed by atoms with Crippen molar-refractivity contribution < 1.29 is 80.2 Å². The molecule has 103 heavy (non-hydrogen) atoms. The molecule has 0 aliphatic rings. The fraction of sp³-hybridized carbons (Fsp3) is 0.905. The summed E-state index contributed by atoms with van der Waals surface area (Å²) in [5, 5.41) is 10.7. The highest BCUT2D eigenvalue weighted by Crippen LogP contribution is 2.45. The van der Waals surface area contributed by atoms with Crippen molar-refractivity contribution in [3.8, 4) is 0 Å². The third-order valence-corrected chi connectivity index (χ3v) is 21.3. The molecule has 6 atom stereocenters. The van der Waals surface area contributed by atoms with Gasteiger partial charge in [0.05, 0.1) is 26.4 Å². The number of hydrogen-bond acceptors (Lipinski definition) is 15. The van der Waals surface area contributed by atoms with E-state index in [1.807, 2.05) is 0 Å². The van der Waals surface area contributed by atoms with Gasteiger partial charge in [-0.25, -0.2) is 9.13 Å². The molecule has 0 fully saturated rings. The Morgan fingerprint density at radius 1 is 0.320 bits per heavy atom. The molecule has 0 saturated carbocycles. The van der Waals surface area contributed by atoms with Crippen molar-refractivity contribution in [2.45, 2.75) is 439 Å². The first kappa shape index (κ1) is 101. The van der Waals surface area contributed by atoms with Gasteiger partial charge in [-0.05, 0) is 63.2 Å². The van der Waals surface area contributed by atoms with E-state index in [-0.39, 0.29) is 25.7 Å². The topological polar surface area (TPSA) is 237 Å². The van der Waals surface area contributed by atoms with Gasteiger partial charge >= 0.3 is 39.5 Å². The molecular weight excluding hydrogens is 1340 g/mol. The maximum atomic E-state index is 13.1. The summed E-state index contributed by atoms with van der Waals surface area (Å²) >= 11 is 0. The van der Waals surface area contributed by atoms with Crippen LogP contribution >= 0.6 is 15.6 Å². The molecule has 0 aromatic carbocycles. The molecule has 0 spiro atoms. The Balaban J connectivity index is 5.27. The van der Waals surface area contributed by atoms with Crippen molar-refractivity contribution in [2.75, 3.05) is 39.6 Å². The lowest BCUT2D eigenvalue weighted by atomic mass is 10.00. The van der Waals surface area contributed by atoms with Crippen molar-refractivity contribution in [2.24, 2.45) is 11.8 Å². The van der Waals surface area contributed by atoms with Crippen LogP contribution in [-0.2, 0) is 65.4 Å². The Morgan fingerprint density at radius 3 is 0.874 bits per heavy atom. The molecule has 0 saturated heterocycles. The zero-order valence-corrected chi connectivity index (χ0v) is 68.9. The predicted octanol–water partition coefficient (Wildman–Crippen LogP) is 25.0. The summed E-state index contributed by atoms with van der Waals surface area (Å²) in [6.45, 7) is 9.57. The molecule has 0 bridgehead atoms. The zero-order valence-electron chi connectivity index (χ0n) is 67.1. The van der Waals surface area contributed by atoms with Crippen molar-refractivity contribution in [3.63, 3.8) is 0 Å². The molecule has 0 aromatic rings. The summed E-state index contributed by atoms with van der Waals surface area (Å²) in [6.07, 6.45) is 68.9. The first-order valence-electron chi connectivity index (χ1n) is 42.8. The molecule has 0 amide bonds. The molecule has 3 unspecified atom stereocenters. The number of rotatable bonds is 81. The van der Waals surface area contributed by atoms with Crippen LogP contribution in [-0.4, -0.2) is 96.7 Å². The normalized spacial score (nSPS) is 14.3. The van der Waals surface area contributed by atoms with Crippen LogP contribution in [0.5, 0.6) is 0 Å². The number of aliphatic hydroxyl groups excluding tert-OH is 1. The van der Waals surface area contributed by atoms with E-state index in [0.29, 0.717) is 25.7 Å². The number of esters is 4. The summed E-state index contributed by atoms with van der Waals surface area (Å²) < 4.78 is 68.8. The fourth-order valence-electron chi connectivity index (χ4n) is 12.5. The van der Waals surface area contributed by atoms with Crippen LogP contribution in [0.2, 0.25) is 0 Å². The minimum Gasteiger partial charge on any atom is -0.462 e. The van der Waals surface area contributed by atoms with E-state index in [9.17, 15) is 43.2 Å². The average Bonchev–Trinajstić information content (AvgIpc) is 0.915. The van der Waals surface area contributed by atoms with Crippen LogP contribution in [0.3, 0.4) is 0 Å². The molecule has 3 N–H and O–H groups in total. The molecule has 0 aromatic heterocycles. The first-order chi connectivity index (χ1) is 49.9. The third-order valence-electron chi connectivity index (χ3n) is 19.4. The van der Waals surface area contributed by atoms with Crippen LogP contribution < -0.4 is 0 Å². The Bertz CT molecular complexity index is 2070. The molecule has 0 heterocycles. The number of allylic oxidation sites excluding steroid dienone is 4. The van der Waals surface area contributed by atoms with Crippen LogP contribution in [0, 0.1) is 11.8 Å². The van der Waals surface area contributed by atoms with E-state index in [4.69, 9.17) is 37.0 Å². The molecule has 17 nitrogen and oxygen atoms in total. The monoisotopic (exact) mass is 1500 g/mol. The summed E-state index contributed by atoms with van der Waals surface area (Å²) in [6, 6.07) is 0. The van der Waals surface area contributed by atoms with Gasteiger partial charge in [0.25, 0.3) is 0 Å². The van der Waals surface area contributed by atoms with Crippen LogP contribution in [0.25, 0.3) is 0 Å². The van der Waals surface area contributed by atoms with E-state index < -0.39 is 97.5 Å². The lowest BCUT2D eigenvalue weighted by Gasteiger charge is -2.21. The number of ether oxygens (including phenoxy) is 4. The fourth-order valence-corrected chi connectivity index (χ4v) is 14.1. The molecule has 19 heteroatoms. The van der Waals surface area contributed by atoms with Crippen LogP contribution in [0.15, 0.2) is 24.3 Å². The second kappa shape index (κ2) is 75.0. The molecule has 0 aliphatic carbocycles. The van der Waals surface area contributed by atoms with Gasteiger partial charge in [-0.3, -0.25) is 37.3 Å². The highest BCUT2D eigenvalue weighted by molar-refractivity contribution is 7.47. The Kier molecular flexibility index (Phi) is 73.2. The van der Waals surface area contributed by atoms with Crippen molar-refractivity contribution in [1.29, 1.82) is 0 Å². The zero-order chi connectivity index (χ0) is 75.6. The first-order valence-corrected chi connectivity index (χ1v) is 45.8. The van der Waals surface area contributed by atoms with Gasteiger partial charge in [0.1, 0.15) is 19.3 Å². The number of carbonyl (C=O) groups excluding carboxylic acids is 4. The standard InChI is InChI=1S/C84H160O17P2/c1-7-10-12-14-16-18-20-22-24-25-26-27-28-32-37-41-45-49-57-63-68-83(88)100-79(72-94-81(86)66-60-54-47-43-39-35-33-29-31-34-38-42-46-52-58-64-76(4)5)74-98-102(90,91)96-70-78(85)71-97-103(92,93)99-75-80(73-95-82(87)67-61-55-51-50-53-59-65-77(6)9-3)101-84(89)69-62-56-48-44-40-36-30-23-21-19-17-15-13-11-8-2/h19,21,23,30,76-80,85H,7-18,20,22,24-29,31-75H2,1-6H3,(H,90,91)(H,92,93)/b21-19-,30-23-/t77?,78-,79-,80-/m1/s1. The van der Waals surface area contributed by atoms with Crippen molar-refractivity contribution in [3.05, 3.63) is 24.3 Å². The predicted molar refractivity (Wildman–Crippen MR) is 423 cm³/mol. The highest BCUT2D eigenvalue weighted by atomic mass is 31.2. The average molecular weight is 1500 g/mol. The smallest absolute Gasteiger partial charge is 0.462 e. The maximum Gasteiger partial charge on any atom is 0.472 e. The lowest BCUT2D eigenvalue weighted by molar-refractivity contribution is -0.161. The largest absolute Gasteiger partial charge is 0.472 e. The minimum absolute atomic E-state index is 0.0844. The maximum absolute atomic E-state index is 13.1. The highest BCUT2D eigenvalue weighted by Gasteiger charge is 2.30. The van der Waals surface area contributed by atoms with E-state index in [1.165, 1.54) is 218 Å². The van der Waals surface area contributed by atoms with Gasteiger partial charge in [0.15, 0.2) is 12.2 Å². The van der Waals surface area contributed by atoms with Crippen LogP contribution in [0.1, 0.15) is 420 Å². The Morgan fingerprint density at radius 2 is 0.573 bits per heavy atom. The molecular formula is C84H160O17P2. The number of phosphoric ester groups is 2. The number of phosphoric acid groups is 2. The second-order valence-corrected chi connectivity index (χ2v) is 33.2. The number of carbonyl (C=O) groups is 4. The van der Waals surface area contributed by atoms with Gasteiger partial charge in [-0.15, -0.1) is 0 Å². The van der Waals surface area contributed by atoms with E-state index in [0.717, 1.165) is 121 Å². The van der Waals surface area contributed by atoms with Gasteiger partial charge in [-0.1, -0.05) is 368 Å². The SMILES string of the molecule is CCCCCC/C=C\C=C/CCCCCCCC(=O)O[C@H](COC(=O)CCCCCCCCC(C)CC)COP(=O)(O)OC[C@H](O)COP(=O)(O)OC[C@@H](COC(=O)CCCCCCCCCCCCCCCCCC(C)C)OC(=O)CCCCCCCCCCCCCCCCCCCCCC. The van der Waals surface area contributed by atoms with Gasteiger partial charge < -0.3 is 33.8 Å². The Labute approximate surface area is 631 Å². The summed E-state index contributed by atoms with van der Waals surface area (Å²) in [7, 11) is -9.94. The summed E-state index contributed by atoms with van der Waals surface area (Å²) in [4.78, 5) is 73.1. The number of aliphatic hydroxyl groups is 1. The summed E-state index contributed by atoms with van der Waals surface area (Å²) in [5.74, 6) is -0.605. The quantitative estimate of drug-likeness (QED) is 0.0169. The molecule has 0 rings (SSSR count). The number of unbranched alkanes of at least 4 members (excludes halogenated alkanes) is 47. The van der Waals surface area contributed by atoms with E-state index in [1.54, 1.807) is 0 Å². The van der Waals surface area contributed by atoms with Gasteiger partial charge in [0, 0.05) is 25.7 Å². The second-order valence-electron chi connectivity index (χ2n) is 30.3. The van der Waals surface area contributed by atoms with Crippen molar-refractivity contribution in [1.82, 2.24) is 0 Å². The lowest BCUT2D eigenvalue weighted by Crippen LogP contribution is -2.30. The number of hydrogen-bond donors (Lipinski definition) is 3. The molecule has 0 radical (unpaired) electrons. The van der Waals surface area contributed by atoms with Gasteiger partial charge in [-0.2, -0.15) is 0 Å². The van der Waals surface area contributed by atoms with E-state index in [2.05, 4.69) is 65.8 Å². The summed E-state index contributed by atoms with van der Waals surface area (Å²) in [5.41, 5.74) is 0. The minimum atomic E-state index is -4.97. The van der Waals surface area contributed by atoms with E-state index >= 15 is 0 Å². The van der Waals surface area contributed by atoms with Crippen LogP contribution in [0.4, 0.5) is 0 Å². The molecule has 0 aliphatic heterocycles. The third kappa shape index (κ3) is 76.1.